The van der Waals surface area contributed by atoms with Crippen molar-refractivity contribution < 1.29 is 18.4 Å². The molecule has 1 aliphatic rings. The standard InChI is InChI=1S/C25H20F2N6O2/c26-19-8-4-17(5-9-19)24-29-25(18-6-10-20(27)11-7-18)33(30-24)16-22(34)31-13-14-32(23(35)15-31)21-3-1-2-12-28-21/h1-12H,13-16H2. The van der Waals surface area contributed by atoms with Gasteiger partial charge in [0, 0.05) is 30.4 Å². The number of nitrogens with zero attached hydrogens (tertiary/aromatic N) is 6. The van der Waals surface area contributed by atoms with Gasteiger partial charge in [-0.3, -0.25) is 14.5 Å². The molecule has 2 aromatic heterocycles. The molecule has 0 bridgehead atoms. The number of pyridine rings is 1. The maximum Gasteiger partial charge on any atom is 0.247 e. The van der Waals surface area contributed by atoms with Gasteiger partial charge in [0.1, 0.15) is 30.5 Å². The van der Waals surface area contributed by atoms with Crippen LogP contribution in [0.2, 0.25) is 0 Å². The zero-order chi connectivity index (χ0) is 24.4. The monoisotopic (exact) mass is 474 g/mol. The fourth-order valence-electron chi connectivity index (χ4n) is 3.86. The second kappa shape index (κ2) is 9.41. The largest absolute Gasteiger partial charge is 0.330 e. The molecule has 0 aliphatic carbocycles. The van der Waals surface area contributed by atoms with Crippen molar-refractivity contribution in [3.8, 4) is 22.8 Å². The molecule has 0 unspecified atom stereocenters. The van der Waals surface area contributed by atoms with Gasteiger partial charge in [-0.2, -0.15) is 0 Å². The van der Waals surface area contributed by atoms with Gasteiger partial charge < -0.3 is 4.90 Å². The summed E-state index contributed by atoms with van der Waals surface area (Å²) in [6.07, 6.45) is 1.61. The van der Waals surface area contributed by atoms with Crippen molar-refractivity contribution in [2.75, 3.05) is 24.5 Å². The summed E-state index contributed by atoms with van der Waals surface area (Å²) in [5.41, 5.74) is 1.14. The molecule has 2 aromatic carbocycles. The molecule has 176 valence electrons. The van der Waals surface area contributed by atoms with E-state index in [0.717, 1.165) is 0 Å². The number of piperazine rings is 1. The van der Waals surface area contributed by atoms with Gasteiger partial charge >= 0.3 is 0 Å². The second-order valence-corrected chi connectivity index (χ2v) is 7.98. The summed E-state index contributed by atoms with van der Waals surface area (Å²) in [4.78, 5) is 37.6. The Hall–Kier alpha value is -4.47. The number of anilines is 1. The van der Waals surface area contributed by atoms with Crippen LogP contribution in [0, 0.1) is 11.6 Å². The van der Waals surface area contributed by atoms with E-state index in [-0.39, 0.29) is 24.9 Å². The molecule has 8 nitrogen and oxygen atoms in total. The first-order chi connectivity index (χ1) is 17.0. The van der Waals surface area contributed by atoms with Crippen molar-refractivity contribution in [3.05, 3.63) is 84.6 Å². The summed E-state index contributed by atoms with van der Waals surface area (Å²) < 4.78 is 28.3. The minimum Gasteiger partial charge on any atom is -0.330 e. The molecule has 4 aromatic rings. The Balaban J connectivity index is 1.38. The molecule has 0 saturated carbocycles. The quantitative estimate of drug-likeness (QED) is 0.444. The van der Waals surface area contributed by atoms with Gasteiger partial charge in [0.25, 0.3) is 0 Å². The lowest BCUT2D eigenvalue weighted by atomic mass is 10.2. The van der Waals surface area contributed by atoms with Crippen molar-refractivity contribution in [2.45, 2.75) is 6.54 Å². The van der Waals surface area contributed by atoms with Crippen molar-refractivity contribution in [3.63, 3.8) is 0 Å². The molecule has 0 radical (unpaired) electrons. The molecule has 5 rings (SSSR count). The first kappa shape index (κ1) is 22.3. The van der Waals surface area contributed by atoms with Crippen LogP contribution < -0.4 is 4.90 Å². The number of halogens is 2. The zero-order valence-electron chi connectivity index (χ0n) is 18.5. The number of carbonyl (C=O) groups is 2. The molecule has 2 amide bonds. The second-order valence-electron chi connectivity index (χ2n) is 7.98. The summed E-state index contributed by atoms with van der Waals surface area (Å²) in [6.45, 7) is 0.412. The summed E-state index contributed by atoms with van der Waals surface area (Å²) in [5, 5.41) is 4.46. The first-order valence-corrected chi connectivity index (χ1v) is 10.9. The van der Waals surface area contributed by atoms with E-state index in [9.17, 15) is 18.4 Å². The van der Waals surface area contributed by atoms with Crippen LogP contribution in [0.5, 0.6) is 0 Å². The number of amides is 2. The molecule has 0 spiro atoms. The molecular formula is C25H20F2N6O2. The van der Waals surface area contributed by atoms with Gasteiger partial charge in [-0.05, 0) is 60.7 Å². The number of aromatic nitrogens is 4. The molecule has 35 heavy (non-hydrogen) atoms. The minimum absolute atomic E-state index is 0.0825. The predicted molar refractivity (Wildman–Crippen MR) is 124 cm³/mol. The third-order valence-electron chi connectivity index (χ3n) is 5.66. The van der Waals surface area contributed by atoms with Crippen molar-refractivity contribution in [1.82, 2.24) is 24.6 Å². The fourth-order valence-corrected chi connectivity index (χ4v) is 3.86. The van der Waals surface area contributed by atoms with E-state index in [4.69, 9.17) is 0 Å². The summed E-state index contributed by atoms with van der Waals surface area (Å²) in [6, 6.07) is 16.7. The van der Waals surface area contributed by atoms with Gasteiger partial charge in [-0.15, -0.1) is 5.10 Å². The van der Waals surface area contributed by atoms with E-state index in [2.05, 4.69) is 15.1 Å². The third-order valence-corrected chi connectivity index (χ3v) is 5.66. The van der Waals surface area contributed by atoms with E-state index in [1.54, 1.807) is 53.6 Å². The highest BCUT2D eigenvalue weighted by Crippen LogP contribution is 2.24. The molecule has 3 heterocycles. The Bertz CT molecular complexity index is 1360. The highest BCUT2D eigenvalue weighted by Gasteiger charge is 2.29. The van der Waals surface area contributed by atoms with E-state index >= 15 is 0 Å². The SMILES string of the molecule is O=C(Cn1nc(-c2ccc(F)cc2)nc1-c1ccc(F)cc1)N1CCN(c2ccccn2)C(=O)C1. The van der Waals surface area contributed by atoms with Crippen LogP contribution in [0.25, 0.3) is 22.8 Å². The highest BCUT2D eigenvalue weighted by atomic mass is 19.1. The van der Waals surface area contributed by atoms with Gasteiger partial charge in [0.2, 0.25) is 11.8 Å². The Morgan fingerprint density at radius 2 is 1.57 bits per heavy atom. The van der Waals surface area contributed by atoms with Crippen LogP contribution in [0.15, 0.2) is 72.9 Å². The average molecular weight is 474 g/mol. The smallest absolute Gasteiger partial charge is 0.247 e. The molecule has 0 N–H and O–H groups in total. The number of carbonyl (C=O) groups excluding carboxylic acids is 2. The molecule has 0 atom stereocenters. The summed E-state index contributed by atoms with van der Waals surface area (Å²) in [5.74, 6) is -0.131. The number of rotatable bonds is 5. The van der Waals surface area contributed by atoms with Crippen LogP contribution in [0.3, 0.4) is 0 Å². The lowest BCUT2D eigenvalue weighted by Crippen LogP contribution is -2.53. The zero-order valence-corrected chi connectivity index (χ0v) is 18.5. The topological polar surface area (TPSA) is 84.2 Å². The lowest BCUT2D eigenvalue weighted by Gasteiger charge is -2.33. The van der Waals surface area contributed by atoms with Crippen LogP contribution in [0.1, 0.15) is 0 Å². The fraction of sp³-hybridized carbons (Fsp3) is 0.160. The minimum atomic E-state index is -0.404. The van der Waals surface area contributed by atoms with Crippen molar-refractivity contribution in [1.29, 1.82) is 0 Å². The van der Waals surface area contributed by atoms with Crippen molar-refractivity contribution in [2.24, 2.45) is 0 Å². The average Bonchev–Trinajstić information content (AvgIpc) is 3.29. The predicted octanol–water partition coefficient (Wildman–Crippen LogP) is 3.16. The van der Waals surface area contributed by atoms with Gasteiger partial charge in [-0.25, -0.2) is 23.4 Å². The van der Waals surface area contributed by atoms with Crippen molar-refractivity contribution >= 4 is 17.6 Å². The Morgan fingerprint density at radius 1 is 0.886 bits per heavy atom. The third kappa shape index (κ3) is 4.77. The maximum atomic E-state index is 13.5. The van der Waals surface area contributed by atoms with Crippen LogP contribution >= 0.6 is 0 Å². The maximum absolute atomic E-state index is 13.5. The molecule has 1 aliphatic heterocycles. The van der Waals surface area contributed by atoms with Gasteiger partial charge in [-0.1, -0.05) is 6.07 Å². The number of hydrogen-bond donors (Lipinski definition) is 0. The van der Waals surface area contributed by atoms with Crippen LogP contribution in [0.4, 0.5) is 14.6 Å². The Labute approximate surface area is 199 Å². The van der Waals surface area contributed by atoms with E-state index in [1.807, 2.05) is 0 Å². The Morgan fingerprint density at radius 3 is 2.20 bits per heavy atom. The highest BCUT2D eigenvalue weighted by molar-refractivity contribution is 5.97. The molecule has 1 fully saturated rings. The first-order valence-electron chi connectivity index (χ1n) is 10.9. The molecule has 10 heteroatoms. The molecule has 1 saturated heterocycles. The van der Waals surface area contributed by atoms with Crippen LogP contribution in [-0.4, -0.2) is 56.1 Å². The van der Waals surface area contributed by atoms with Gasteiger partial charge in [0.05, 0.1) is 0 Å². The van der Waals surface area contributed by atoms with Gasteiger partial charge in [0.15, 0.2) is 11.6 Å². The lowest BCUT2D eigenvalue weighted by molar-refractivity contribution is -0.137. The van der Waals surface area contributed by atoms with E-state index < -0.39 is 11.6 Å². The summed E-state index contributed by atoms with van der Waals surface area (Å²) >= 11 is 0. The van der Waals surface area contributed by atoms with E-state index in [1.165, 1.54) is 33.8 Å². The Kier molecular flexibility index (Phi) is 6.01. The number of hydrogen-bond acceptors (Lipinski definition) is 5. The molecular weight excluding hydrogens is 454 g/mol. The summed E-state index contributed by atoms with van der Waals surface area (Å²) in [7, 11) is 0. The van der Waals surface area contributed by atoms with E-state index in [0.29, 0.717) is 41.7 Å². The van der Waals surface area contributed by atoms with Crippen LogP contribution in [-0.2, 0) is 16.1 Å². The number of benzene rings is 2. The normalized spacial score (nSPS) is 13.8.